The van der Waals surface area contributed by atoms with Gasteiger partial charge in [-0.15, -0.1) is 0 Å². The number of carboxylic acid groups (broad SMARTS) is 1. The van der Waals surface area contributed by atoms with Gasteiger partial charge in [0.25, 0.3) is 0 Å². The summed E-state index contributed by atoms with van der Waals surface area (Å²) in [6, 6.07) is -0.724. The van der Waals surface area contributed by atoms with Crippen LogP contribution in [0.4, 0.5) is 0 Å². The molecule has 0 aliphatic carbocycles. The minimum atomic E-state index is -1.55. The first-order valence-electron chi connectivity index (χ1n) is 2.44. The van der Waals surface area contributed by atoms with Crippen LogP contribution in [0.25, 0.3) is 0 Å². The summed E-state index contributed by atoms with van der Waals surface area (Å²) in [6.07, 6.45) is 0. The molecule has 2 atom stereocenters. The molecule has 0 aliphatic heterocycles. The maximum absolute atomic E-state index is 10.3. The van der Waals surface area contributed by atoms with Gasteiger partial charge in [0, 0.05) is 0 Å². The Labute approximate surface area is 54.1 Å². The fourth-order valence-electron chi connectivity index (χ4n) is 0.328. The Morgan fingerprint density at radius 3 is 2.33 bits per heavy atom. The summed E-state index contributed by atoms with van der Waals surface area (Å²) >= 11 is 0. The molecule has 2 N–H and O–H groups in total. The average molecular weight is 150 g/mol. The first kappa shape index (κ1) is 8.53. The van der Waals surface area contributed by atoms with Crippen molar-refractivity contribution in [3.8, 4) is 0 Å². The molecule has 0 rings (SSSR count). The summed E-state index contributed by atoms with van der Waals surface area (Å²) < 4.78 is 10.3. The largest absolute Gasteiger partial charge is 0.480 e. The molecule has 0 spiro atoms. The zero-order valence-electron chi connectivity index (χ0n) is 5.29. The van der Waals surface area contributed by atoms with Crippen LogP contribution in [0.2, 0.25) is 0 Å². The lowest BCUT2D eigenvalue weighted by atomic mass is 10.4. The highest BCUT2D eigenvalue weighted by atomic mass is 31.1. The minimum absolute atomic E-state index is 0.724. The second kappa shape index (κ2) is 3.54. The Morgan fingerprint density at radius 2 is 2.22 bits per heavy atom. The molecule has 0 aromatic rings. The summed E-state index contributed by atoms with van der Waals surface area (Å²) in [4.78, 5) is 10.0. The van der Waals surface area contributed by atoms with Gasteiger partial charge in [0.2, 0.25) is 0 Å². The van der Waals surface area contributed by atoms with E-state index in [-0.39, 0.29) is 0 Å². The van der Waals surface area contributed by atoms with Gasteiger partial charge in [-0.3, -0.25) is 4.79 Å². The van der Waals surface area contributed by atoms with Crippen LogP contribution in [0.5, 0.6) is 0 Å². The Morgan fingerprint density at radius 1 is 1.78 bits per heavy atom. The number of nitrogens with one attached hydrogen (secondary N) is 1. The minimum Gasteiger partial charge on any atom is -0.480 e. The van der Waals surface area contributed by atoms with E-state index in [9.17, 15) is 9.36 Å². The summed E-state index contributed by atoms with van der Waals surface area (Å²) in [5, 5.41) is 10.6. The van der Waals surface area contributed by atoms with Gasteiger partial charge in [-0.25, -0.2) is 0 Å². The molecule has 9 heavy (non-hydrogen) atoms. The highest BCUT2D eigenvalue weighted by Crippen LogP contribution is 2.06. The predicted molar refractivity (Wildman–Crippen MR) is 33.8 cm³/mol. The summed E-state index contributed by atoms with van der Waals surface area (Å²) in [5.41, 5.74) is 0. The third kappa shape index (κ3) is 4.06. The van der Waals surface area contributed by atoms with E-state index in [4.69, 9.17) is 5.11 Å². The molecule has 0 aromatic carbocycles. The van der Waals surface area contributed by atoms with Crippen molar-refractivity contribution in [2.45, 2.75) is 13.0 Å². The lowest BCUT2D eigenvalue weighted by molar-refractivity contribution is -0.138. The number of hydrogen-bond donors (Lipinski definition) is 2. The van der Waals surface area contributed by atoms with E-state index in [1.165, 1.54) is 13.6 Å². The van der Waals surface area contributed by atoms with Gasteiger partial charge in [-0.1, -0.05) is 9.65 Å². The zero-order valence-corrected chi connectivity index (χ0v) is 6.18. The SMILES string of the molecule is C[C@H](N[P+](C)=O)C(=O)O. The Hall–Kier alpha value is -0.470. The molecular formula is C4H9NO3P+. The molecule has 4 nitrogen and oxygen atoms in total. The zero-order chi connectivity index (χ0) is 7.44. The van der Waals surface area contributed by atoms with Gasteiger partial charge in [-0.05, 0) is 6.92 Å². The second-order valence-electron chi connectivity index (χ2n) is 1.69. The lowest BCUT2D eigenvalue weighted by Crippen LogP contribution is -2.28. The summed E-state index contributed by atoms with van der Waals surface area (Å²) in [7, 11) is -1.55. The van der Waals surface area contributed by atoms with Crippen LogP contribution in [0.3, 0.4) is 0 Å². The molecule has 52 valence electrons. The van der Waals surface area contributed by atoms with Gasteiger partial charge in [0.15, 0.2) is 6.66 Å². The normalized spacial score (nSPS) is 14.7. The number of hydrogen-bond acceptors (Lipinski definition) is 2. The maximum atomic E-state index is 10.3. The van der Waals surface area contributed by atoms with E-state index < -0.39 is 20.0 Å². The van der Waals surface area contributed by atoms with Crippen molar-refractivity contribution in [1.82, 2.24) is 5.09 Å². The predicted octanol–water partition coefficient (Wildman–Crippen LogP) is 0.421. The molecule has 0 amide bonds. The molecule has 1 unspecified atom stereocenters. The van der Waals surface area contributed by atoms with Crippen molar-refractivity contribution < 1.29 is 14.5 Å². The summed E-state index contributed by atoms with van der Waals surface area (Å²) in [6.45, 7) is 2.87. The van der Waals surface area contributed by atoms with Crippen molar-refractivity contribution in [2.24, 2.45) is 0 Å². The van der Waals surface area contributed by atoms with Crippen LogP contribution in [-0.2, 0) is 9.36 Å². The van der Waals surface area contributed by atoms with Gasteiger partial charge in [0.1, 0.15) is 6.04 Å². The molecule has 0 aromatic heterocycles. The Balaban J connectivity index is 3.63. The van der Waals surface area contributed by atoms with E-state index in [2.05, 4.69) is 5.09 Å². The van der Waals surface area contributed by atoms with Crippen LogP contribution < -0.4 is 5.09 Å². The fraction of sp³-hybridized carbons (Fsp3) is 0.750. The van der Waals surface area contributed by atoms with Crippen molar-refractivity contribution >= 4 is 13.9 Å². The molecule has 0 fully saturated rings. The molecule has 0 bridgehead atoms. The van der Waals surface area contributed by atoms with Gasteiger partial charge < -0.3 is 5.11 Å². The second-order valence-corrected chi connectivity index (χ2v) is 2.94. The van der Waals surface area contributed by atoms with E-state index >= 15 is 0 Å². The third-order valence-electron chi connectivity index (χ3n) is 0.746. The average Bonchev–Trinajstić information content (AvgIpc) is 1.63. The summed E-state index contributed by atoms with van der Waals surface area (Å²) in [5.74, 6) is -0.986. The highest BCUT2D eigenvalue weighted by molar-refractivity contribution is 7.41. The molecule has 0 heterocycles. The number of aliphatic carboxylic acids is 1. The van der Waals surface area contributed by atoms with E-state index in [1.807, 2.05) is 0 Å². The van der Waals surface area contributed by atoms with Crippen molar-refractivity contribution in [2.75, 3.05) is 6.66 Å². The first-order chi connectivity index (χ1) is 4.04. The van der Waals surface area contributed by atoms with E-state index in [1.54, 1.807) is 0 Å². The molecule has 0 aliphatic rings. The van der Waals surface area contributed by atoms with Crippen LogP contribution in [0, 0.1) is 0 Å². The quantitative estimate of drug-likeness (QED) is 0.572. The van der Waals surface area contributed by atoms with E-state index in [0.717, 1.165) is 0 Å². The Kier molecular flexibility index (Phi) is 3.35. The first-order valence-corrected chi connectivity index (χ1v) is 4.14. The maximum Gasteiger partial charge on any atom is 0.429 e. The fourth-order valence-corrected chi connectivity index (χ4v) is 0.984. The van der Waals surface area contributed by atoms with E-state index in [0.29, 0.717) is 0 Å². The van der Waals surface area contributed by atoms with Crippen LogP contribution in [0.1, 0.15) is 6.92 Å². The van der Waals surface area contributed by atoms with Crippen LogP contribution in [0.15, 0.2) is 0 Å². The molecule has 0 radical (unpaired) electrons. The monoisotopic (exact) mass is 150 g/mol. The standard InChI is InChI=1S/C4H8NO3P/c1-3(4(6)7)5-9(2)8/h3H,1-2H3,(H-,5,6,7,8)/p+1/t3-/m0/s1. The van der Waals surface area contributed by atoms with Crippen molar-refractivity contribution in [3.63, 3.8) is 0 Å². The van der Waals surface area contributed by atoms with Gasteiger partial charge >= 0.3 is 13.9 Å². The third-order valence-corrected chi connectivity index (χ3v) is 1.50. The topological polar surface area (TPSA) is 66.4 Å². The van der Waals surface area contributed by atoms with Crippen molar-refractivity contribution in [3.05, 3.63) is 0 Å². The van der Waals surface area contributed by atoms with Crippen LogP contribution >= 0.6 is 7.95 Å². The number of rotatable bonds is 3. The number of carboxylic acids is 1. The lowest BCUT2D eigenvalue weighted by Gasteiger charge is -1.95. The molecule has 0 saturated carbocycles. The molecule has 5 heteroatoms. The van der Waals surface area contributed by atoms with Crippen LogP contribution in [-0.4, -0.2) is 23.8 Å². The molecule has 0 saturated heterocycles. The van der Waals surface area contributed by atoms with Gasteiger partial charge in [0.05, 0.1) is 0 Å². The van der Waals surface area contributed by atoms with Gasteiger partial charge in [-0.2, -0.15) is 0 Å². The highest BCUT2D eigenvalue weighted by Gasteiger charge is 2.17. The molecular weight excluding hydrogens is 141 g/mol. The smallest absolute Gasteiger partial charge is 0.429 e. The Bertz CT molecular complexity index is 136. The number of carbonyl (C=O) groups is 1. The van der Waals surface area contributed by atoms with Crippen molar-refractivity contribution in [1.29, 1.82) is 0 Å².